The lowest BCUT2D eigenvalue weighted by Crippen LogP contribution is -2.38. The maximum atomic E-state index is 12.4. The molecule has 0 aliphatic rings. The van der Waals surface area contributed by atoms with Crippen LogP contribution in [0.1, 0.15) is 24.4 Å². The zero-order valence-electron chi connectivity index (χ0n) is 15.0. The lowest BCUT2D eigenvalue weighted by atomic mass is 10.3. The van der Waals surface area contributed by atoms with Gasteiger partial charge in [-0.1, -0.05) is 0 Å². The number of amides is 1. The van der Waals surface area contributed by atoms with Gasteiger partial charge in [0, 0.05) is 30.7 Å². The Morgan fingerprint density at radius 3 is 2.73 bits per heavy atom. The molecule has 0 fully saturated rings. The van der Waals surface area contributed by atoms with E-state index < -0.39 is 6.04 Å². The molecule has 1 amide bonds. The van der Waals surface area contributed by atoms with E-state index >= 15 is 0 Å². The highest BCUT2D eigenvalue weighted by molar-refractivity contribution is 5.79. The van der Waals surface area contributed by atoms with Crippen LogP contribution >= 0.6 is 0 Å². The second-order valence-corrected chi connectivity index (χ2v) is 6.04. The van der Waals surface area contributed by atoms with Gasteiger partial charge in [0.2, 0.25) is 5.91 Å². The number of aromatic nitrogens is 6. The highest BCUT2D eigenvalue weighted by Crippen LogP contribution is 2.05. The van der Waals surface area contributed by atoms with Crippen LogP contribution in [0.4, 0.5) is 0 Å². The van der Waals surface area contributed by atoms with Crippen molar-refractivity contribution in [2.45, 2.75) is 33.4 Å². The topological polar surface area (TPSA) is 99.6 Å². The molecule has 0 aromatic carbocycles. The van der Waals surface area contributed by atoms with Gasteiger partial charge < -0.3 is 5.32 Å². The van der Waals surface area contributed by atoms with Crippen LogP contribution in [-0.4, -0.2) is 41.8 Å². The first kappa shape index (κ1) is 17.6. The van der Waals surface area contributed by atoms with Gasteiger partial charge in [-0.15, -0.1) is 5.10 Å². The molecule has 1 N–H and O–H groups in total. The summed E-state index contributed by atoms with van der Waals surface area (Å²) in [6, 6.07) is 5.95. The Kier molecular flexibility index (Phi) is 4.97. The smallest absolute Gasteiger partial charge is 0.267 e. The number of aryl methyl sites for hydroxylation is 2. The Morgan fingerprint density at radius 1 is 1.27 bits per heavy atom. The third-order valence-corrected chi connectivity index (χ3v) is 4.02. The first-order chi connectivity index (χ1) is 12.5. The van der Waals surface area contributed by atoms with E-state index in [2.05, 4.69) is 20.6 Å². The standard InChI is InChI=1S/C17H21N7O2/c1-12-11-13(2)22(20-12)10-8-18-17(26)14(3)24-16(25)6-5-15(21-24)23-9-4-7-19-23/h4-7,9,11,14H,8,10H2,1-3H3,(H,18,26). The molecule has 136 valence electrons. The molecule has 0 bridgehead atoms. The normalized spacial score (nSPS) is 12.1. The first-order valence-electron chi connectivity index (χ1n) is 8.34. The molecule has 0 spiro atoms. The summed E-state index contributed by atoms with van der Waals surface area (Å²) < 4.78 is 4.53. The van der Waals surface area contributed by atoms with E-state index in [-0.39, 0.29) is 11.5 Å². The minimum atomic E-state index is -0.738. The van der Waals surface area contributed by atoms with Gasteiger partial charge in [0.1, 0.15) is 6.04 Å². The van der Waals surface area contributed by atoms with E-state index in [1.165, 1.54) is 10.7 Å². The summed E-state index contributed by atoms with van der Waals surface area (Å²) in [4.78, 5) is 24.5. The zero-order valence-corrected chi connectivity index (χ0v) is 15.0. The van der Waals surface area contributed by atoms with Gasteiger partial charge in [-0.3, -0.25) is 14.3 Å². The second-order valence-electron chi connectivity index (χ2n) is 6.04. The molecule has 0 aliphatic heterocycles. The van der Waals surface area contributed by atoms with Crippen LogP contribution in [0.25, 0.3) is 5.82 Å². The number of hydrogen-bond acceptors (Lipinski definition) is 5. The molecular weight excluding hydrogens is 334 g/mol. The number of hydrogen-bond donors (Lipinski definition) is 1. The van der Waals surface area contributed by atoms with Gasteiger partial charge in [-0.25, -0.2) is 9.36 Å². The predicted molar refractivity (Wildman–Crippen MR) is 95.0 cm³/mol. The molecule has 1 unspecified atom stereocenters. The molecule has 0 radical (unpaired) electrons. The quantitative estimate of drug-likeness (QED) is 0.699. The van der Waals surface area contributed by atoms with Crippen LogP contribution in [0.5, 0.6) is 0 Å². The fraction of sp³-hybridized carbons (Fsp3) is 0.353. The molecule has 0 saturated heterocycles. The van der Waals surface area contributed by atoms with Gasteiger partial charge >= 0.3 is 0 Å². The van der Waals surface area contributed by atoms with Crippen molar-refractivity contribution in [2.75, 3.05) is 6.54 Å². The summed E-state index contributed by atoms with van der Waals surface area (Å²) in [5.41, 5.74) is 1.63. The number of carbonyl (C=O) groups is 1. The molecule has 9 heteroatoms. The molecule has 3 aromatic heterocycles. The van der Waals surface area contributed by atoms with Crippen molar-refractivity contribution >= 4 is 5.91 Å². The molecule has 3 rings (SSSR count). The van der Waals surface area contributed by atoms with Crippen molar-refractivity contribution in [3.63, 3.8) is 0 Å². The summed E-state index contributed by atoms with van der Waals surface area (Å²) in [6.45, 7) is 6.51. The average molecular weight is 355 g/mol. The van der Waals surface area contributed by atoms with Crippen molar-refractivity contribution in [3.05, 3.63) is 58.4 Å². The summed E-state index contributed by atoms with van der Waals surface area (Å²) >= 11 is 0. The van der Waals surface area contributed by atoms with Crippen LogP contribution in [0.2, 0.25) is 0 Å². The lowest BCUT2D eigenvalue weighted by Gasteiger charge is -2.15. The van der Waals surface area contributed by atoms with E-state index in [9.17, 15) is 9.59 Å². The van der Waals surface area contributed by atoms with Crippen molar-refractivity contribution in [2.24, 2.45) is 0 Å². The number of carbonyl (C=O) groups excluding carboxylic acids is 1. The summed E-state index contributed by atoms with van der Waals surface area (Å²) in [7, 11) is 0. The number of nitrogens with zero attached hydrogens (tertiary/aromatic N) is 6. The highest BCUT2D eigenvalue weighted by atomic mass is 16.2. The molecule has 0 saturated carbocycles. The summed E-state index contributed by atoms with van der Waals surface area (Å²) in [6.07, 6.45) is 3.34. The van der Waals surface area contributed by atoms with Crippen molar-refractivity contribution < 1.29 is 4.79 Å². The Hall–Kier alpha value is -3.23. The molecule has 9 nitrogen and oxygen atoms in total. The molecule has 1 atom stereocenters. The van der Waals surface area contributed by atoms with Crippen LogP contribution in [0, 0.1) is 13.8 Å². The van der Waals surface area contributed by atoms with Gasteiger partial charge in [0.25, 0.3) is 5.56 Å². The predicted octanol–water partition coefficient (Wildman–Crippen LogP) is 0.620. The van der Waals surface area contributed by atoms with Crippen LogP contribution < -0.4 is 10.9 Å². The SMILES string of the molecule is Cc1cc(C)n(CCNC(=O)C(C)n2nc(-n3cccn3)ccc2=O)n1. The minimum Gasteiger partial charge on any atom is -0.352 e. The highest BCUT2D eigenvalue weighted by Gasteiger charge is 2.18. The van der Waals surface area contributed by atoms with Crippen molar-refractivity contribution in [1.82, 2.24) is 34.7 Å². The summed E-state index contributed by atoms with van der Waals surface area (Å²) in [5, 5.41) is 15.5. The second kappa shape index (κ2) is 7.34. The summed E-state index contributed by atoms with van der Waals surface area (Å²) in [5.74, 6) is 0.190. The van der Waals surface area contributed by atoms with Crippen LogP contribution in [-0.2, 0) is 11.3 Å². The van der Waals surface area contributed by atoms with Crippen LogP contribution in [0.15, 0.2) is 41.5 Å². The van der Waals surface area contributed by atoms with E-state index in [1.807, 2.05) is 24.6 Å². The Balaban J connectivity index is 1.67. The Morgan fingerprint density at radius 2 is 2.08 bits per heavy atom. The van der Waals surface area contributed by atoms with Crippen molar-refractivity contribution in [1.29, 1.82) is 0 Å². The number of nitrogens with one attached hydrogen (secondary N) is 1. The van der Waals surface area contributed by atoms with Gasteiger partial charge in [0.15, 0.2) is 5.82 Å². The van der Waals surface area contributed by atoms with E-state index in [4.69, 9.17) is 0 Å². The lowest BCUT2D eigenvalue weighted by molar-refractivity contribution is -0.124. The zero-order chi connectivity index (χ0) is 18.7. The molecule has 3 heterocycles. The maximum Gasteiger partial charge on any atom is 0.267 e. The monoisotopic (exact) mass is 355 g/mol. The van der Waals surface area contributed by atoms with E-state index in [0.717, 1.165) is 16.1 Å². The van der Waals surface area contributed by atoms with Crippen LogP contribution in [0.3, 0.4) is 0 Å². The molecule has 3 aromatic rings. The fourth-order valence-corrected chi connectivity index (χ4v) is 2.66. The van der Waals surface area contributed by atoms with E-state index in [1.54, 1.807) is 31.5 Å². The Bertz CT molecular complexity index is 956. The molecular formula is C17H21N7O2. The third-order valence-electron chi connectivity index (χ3n) is 4.02. The largest absolute Gasteiger partial charge is 0.352 e. The van der Waals surface area contributed by atoms with Gasteiger partial charge in [0.05, 0.1) is 12.2 Å². The third kappa shape index (κ3) is 3.71. The Labute approximate surface area is 150 Å². The van der Waals surface area contributed by atoms with Crippen molar-refractivity contribution in [3.8, 4) is 5.82 Å². The minimum absolute atomic E-state index is 0.279. The van der Waals surface area contributed by atoms with Gasteiger partial charge in [-0.05, 0) is 39.0 Å². The van der Waals surface area contributed by atoms with Gasteiger partial charge in [-0.2, -0.15) is 10.2 Å². The molecule has 0 aliphatic carbocycles. The molecule has 26 heavy (non-hydrogen) atoms. The maximum absolute atomic E-state index is 12.4. The number of rotatable bonds is 6. The first-order valence-corrected chi connectivity index (χ1v) is 8.34. The van der Waals surface area contributed by atoms with E-state index in [0.29, 0.717) is 18.9 Å². The average Bonchev–Trinajstić information content (AvgIpc) is 3.24. The fourth-order valence-electron chi connectivity index (χ4n) is 2.66.